The zero-order valence-electron chi connectivity index (χ0n) is 13.9. The molecule has 0 unspecified atom stereocenters. The summed E-state index contributed by atoms with van der Waals surface area (Å²) in [6.07, 6.45) is 2.63. The Morgan fingerprint density at radius 3 is 2.48 bits per heavy atom. The van der Waals surface area contributed by atoms with Crippen molar-refractivity contribution in [3.8, 4) is 6.07 Å². The minimum atomic E-state index is 0.551. The van der Waals surface area contributed by atoms with Crippen LogP contribution in [0, 0.1) is 11.3 Å². The van der Waals surface area contributed by atoms with Crippen LogP contribution in [-0.2, 0) is 12.8 Å². The zero-order chi connectivity index (χ0) is 15.8. The Morgan fingerprint density at radius 1 is 1.24 bits per heavy atom. The monoisotopic (exact) mass is 289 g/mol. The van der Waals surface area contributed by atoms with E-state index in [-0.39, 0.29) is 0 Å². The van der Waals surface area contributed by atoms with E-state index in [4.69, 9.17) is 0 Å². The minimum absolute atomic E-state index is 0.551. The van der Waals surface area contributed by atoms with Crippen molar-refractivity contribution in [1.29, 1.82) is 5.26 Å². The van der Waals surface area contributed by atoms with Gasteiger partial charge in [-0.1, -0.05) is 13.8 Å². The van der Waals surface area contributed by atoms with E-state index in [2.05, 4.69) is 54.3 Å². The molecule has 0 aliphatic heterocycles. The normalized spacial score (nSPS) is 11.0. The van der Waals surface area contributed by atoms with Gasteiger partial charge < -0.3 is 10.2 Å². The van der Waals surface area contributed by atoms with Gasteiger partial charge in [-0.2, -0.15) is 10.4 Å². The van der Waals surface area contributed by atoms with Crippen LogP contribution in [0.3, 0.4) is 0 Å². The lowest BCUT2D eigenvalue weighted by Crippen LogP contribution is -2.28. The van der Waals surface area contributed by atoms with E-state index in [1.807, 2.05) is 6.92 Å². The fraction of sp³-hybridized carbons (Fsp3) is 0.688. The average molecular weight is 289 g/mol. The molecule has 21 heavy (non-hydrogen) atoms. The van der Waals surface area contributed by atoms with E-state index >= 15 is 0 Å². The number of hydrogen-bond acceptors (Lipinski definition) is 5. The van der Waals surface area contributed by atoms with Gasteiger partial charge in [0.2, 0.25) is 0 Å². The summed E-state index contributed by atoms with van der Waals surface area (Å²) in [5.41, 5.74) is 2.61. The van der Waals surface area contributed by atoms with Gasteiger partial charge in [0.05, 0.1) is 5.69 Å². The van der Waals surface area contributed by atoms with Gasteiger partial charge in [0.15, 0.2) is 5.82 Å². The maximum Gasteiger partial charge on any atom is 0.166 e. The van der Waals surface area contributed by atoms with Gasteiger partial charge in [-0.25, -0.2) is 0 Å². The van der Waals surface area contributed by atoms with Crippen molar-refractivity contribution in [3.05, 3.63) is 16.8 Å². The molecule has 0 atom stereocenters. The molecule has 1 rings (SSSR count). The van der Waals surface area contributed by atoms with E-state index in [1.54, 1.807) is 0 Å². The Labute approximate surface area is 128 Å². The van der Waals surface area contributed by atoms with Crippen LogP contribution in [0.2, 0.25) is 0 Å². The van der Waals surface area contributed by atoms with Crippen LogP contribution in [0.4, 0.5) is 5.82 Å². The van der Waals surface area contributed by atoms with Crippen LogP contribution in [0.25, 0.3) is 0 Å². The second kappa shape index (κ2) is 8.58. The van der Waals surface area contributed by atoms with Crippen molar-refractivity contribution in [2.24, 2.45) is 0 Å². The molecule has 1 N–H and O–H groups in total. The standard InChI is InChI=1S/C16H27N5/c1-6-13-14(11-17)16(20-19-15(13)7-2)18-9-8-10-21(5)12(3)4/h12H,6-10H2,1-5H3,(H,18,20). The Morgan fingerprint density at radius 2 is 1.95 bits per heavy atom. The summed E-state index contributed by atoms with van der Waals surface area (Å²) >= 11 is 0. The van der Waals surface area contributed by atoms with E-state index in [0.29, 0.717) is 17.4 Å². The van der Waals surface area contributed by atoms with Gasteiger partial charge >= 0.3 is 0 Å². The highest BCUT2D eigenvalue weighted by Crippen LogP contribution is 2.19. The quantitative estimate of drug-likeness (QED) is 0.745. The topological polar surface area (TPSA) is 64.8 Å². The zero-order valence-corrected chi connectivity index (χ0v) is 13.9. The SMILES string of the molecule is CCc1nnc(NCCCN(C)C(C)C)c(C#N)c1CC. The molecule has 0 saturated heterocycles. The van der Waals surface area contributed by atoms with Crippen molar-refractivity contribution >= 4 is 5.82 Å². The van der Waals surface area contributed by atoms with Crippen LogP contribution in [-0.4, -0.2) is 41.3 Å². The lowest BCUT2D eigenvalue weighted by atomic mass is 10.0. The second-order valence-corrected chi connectivity index (χ2v) is 5.52. The number of aromatic nitrogens is 2. The first-order valence-corrected chi connectivity index (χ1v) is 7.77. The first kappa shape index (κ1) is 17.4. The molecule has 0 aromatic carbocycles. The molecule has 5 heteroatoms. The highest BCUT2D eigenvalue weighted by atomic mass is 15.2. The Bertz CT molecular complexity index is 490. The van der Waals surface area contributed by atoms with Crippen molar-refractivity contribution in [1.82, 2.24) is 15.1 Å². The summed E-state index contributed by atoms with van der Waals surface area (Å²) in [5, 5.41) is 21.1. The van der Waals surface area contributed by atoms with Gasteiger partial charge in [-0.3, -0.25) is 0 Å². The van der Waals surface area contributed by atoms with Gasteiger partial charge in [0.25, 0.3) is 0 Å². The minimum Gasteiger partial charge on any atom is -0.367 e. The van der Waals surface area contributed by atoms with Gasteiger partial charge in [-0.05, 0) is 52.3 Å². The van der Waals surface area contributed by atoms with Crippen molar-refractivity contribution < 1.29 is 0 Å². The molecule has 1 aromatic rings. The summed E-state index contributed by atoms with van der Waals surface area (Å²) in [4.78, 5) is 2.30. The molecule has 0 amide bonds. The summed E-state index contributed by atoms with van der Waals surface area (Å²) in [6.45, 7) is 10.3. The van der Waals surface area contributed by atoms with Crippen LogP contribution in [0.1, 0.15) is 50.9 Å². The summed E-state index contributed by atoms with van der Waals surface area (Å²) in [5.74, 6) is 0.624. The third-order valence-electron chi connectivity index (χ3n) is 3.82. The van der Waals surface area contributed by atoms with E-state index in [1.165, 1.54) is 0 Å². The molecule has 1 aromatic heterocycles. The second-order valence-electron chi connectivity index (χ2n) is 5.52. The number of hydrogen-bond donors (Lipinski definition) is 1. The maximum absolute atomic E-state index is 9.40. The maximum atomic E-state index is 9.40. The van der Waals surface area contributed by atoms with Crippen molar-refractivity contribution in [3.63, 3.8) is 0 Å². The predicted molar refractivity (Wildman–Crippen MR) is 86.4 cm³/mol. The lowest BCUT2D eigenvalue weighted by molar-refractivity contribution is 0.273. The van der Waals surface area contributed by atoms with Crippen LogP contribution in [0.5, 0.6) is 0 Å². The average Bonchev–Trinajstić information content (AvgIpc) is 2.49. The lowest BCUT2D eigenvalue weighted by Gasteiger charge is -2.21. The fourth-order valence-electron chi connectivity index (χ4n) is 2.21. The number of aryl methyl sites for hydroxylation is 1. The highest BCUT2D eigenvalue weighted by molar-refractivity contribution is 5.56. The molecule has 0 saturated carbocycles. The van der Waals surface area contributed by atoms with Crippen molar-refractivity contribution in [2.75, 3.05) is 25.5 Å². The van der Waals surface area contributed by atoms with E-state index < -0.39 is 0 Å². The van der Waals surface area contributed by atoms with Gasteiger partial charge in [-0.15, -0.1) is 5.10 Å². The molecule has 0 spiro atoms. The molecular formula is C16H27N5. The van der Waals surface area contributed by atoms with Gasteiger partial charge in [0.1, 0.15) is 11.6 Å². The highest BCUT2D eigenvalue weighted by Gasteiger charge is 2.13. The third-order valence-corrected chi connectivity index (χ3v) is 3.82. The molecular weight excluding hydrogens is 262 g/mol. The van der Waals surface area contributed by atoms with Gasteiger partial charge in [0, 0.05) is 12.6 Å². The number of nitrogens with one attached hydrogen (secondary N) is 1. The number of rotatable bonds is 8. The third kappa shape index (κ3) is 4.68. The van der Waals surface area contributed by atoms with Crippen LogP contribution >= 0.6 is 0 Å². The molecule has 0 fully saturated rings. The fourth-order valence-corrected chi connectivity index (χ4v) is 2.21. The molecule has 116 valence electrons. The predicted octanol–water partition coefficient (Wildman–Crippen LogP) is 2.62. The van der Waals surface area contributed by atoms with E-state index in [9.17, 15) is 5.26 Å². The Hall–Kier alpha value is -1.67. The molecule has 0 bridgehead atoms. The van der Waals surface area contributed by atoms with Crippen LogP contribution < -0.4 is 5.32 Å². The summed E-state index contributed by atoms with van der Waals surface area (Å²) < 4.78 is 0. The van der Waals surface area contributed by atoms with Crippen LogP contribution in [0.15, 0.2) is 0 Å². The molecule has 5 nitrogen and oxygen atoms in total. The Balaban J connectivity index is 2.70. The molecule has 0 aliphatic rings. The molecule has 0 aliphatic carbocycles. The number of nitriles is 1. The van der Waals surface area contributed by atoms with E-state index in [0.717, 1.165) is 43.6 Å². The summed E-state index contributed by atoms with van der Waals surface area (Å²) in [7, 11) is 2.12. The van der Waals surface area contributed by atoms with Crippen molar-refractivity contribution in [2.45, 2.75) is 53.0 Å². The Kier molecular flexibility index (Phi) is 7.10. The number of nitrogens with zero attached hydrogens (tertiary/aromatic N) is 4. The first-order chi connectivity index (χ1) is 10.0. The molecule has 0 radical (unpaired) electrons. The largest absolute Gasteiger partial charge is 0.367 e. The smallest absolute Gasteiger partial charge is 0.166 e. The number of anilines is 1. The summed E-state index contributed by atoms with van der Waals surface area (Å²) in [6, 6.07) is 2.83. The first-order valence-electron chi connectivity index (χ1n) is 7.77. The molecule has 1 heterocycles.